The minimum absolute atomic E-state index is 0. The van der Waals surface area contributed by atoms with Gasteiger partial charge in [0.1, 0.15) is 17.3 Å². The van der Waals surface area contributed by atoms with Crippen molar-refractivity contribution in [1.29, 1.82) is 0 Å². The third kappa shape index (κ3) is 50.5. The van der Waals surface area contributed by atoms with Crippen molar-refractivity contribution in [3.8, 4) is 0 Å². The van der Waals surface area contributed by atoms with Crippen molar-refractivity contribution in [2.45, 2.75) is 79.1 Å². The SMILES string of the molecule is CC(=O)CC(C)[O-].CC(=O)CC(C)[O-].CC(=O)CC(C)[O-].[Fe+3]. The number of Topliss-reactive ketones (excluding diaryl/α,β-unsaturated/α-hetero) is 3. The molecule has 0 saturated heterocycles. The van der Waals surface area contributed by atoms with Gasteiger partial charge in [-0.1, -0.05) is 20.8 Å². The molecule has 0 N–H and O–H groups in total. The molecule has 0 bridgehead atoms. The second kappa shape index (κ2) is 18.5. The summed E-state index contributed by atoms with van der Waals surface area (Å²) >= 11 is 0. The first-order chi connectivity index (χ1) is 9.38. The Labute approximate surface area is 143 Å². The van der Waals surface area contributed by atoms with E-state index in [1.807, 2.05) is 0 Å². The van der Waals surface area contributed by atoms with E-state index in [1.165, 1.54) is 41.5 Å². The van der Waals surface area contributed by atoms with Gasteiger partial charge in [0.15, 0.2) is 0 Å². The van der Waals surface area contributed by atoms with Gasteiger partial charge in [0.2, 0.25) is 0 Å². The van der Waals surface area contributed by atoms with Gasteiger partial charge in [-0.15, -0.1) is 18.3 Å². The maximum atomic E-state index is 10.1. The molecule has 0 aromatic heterocycles. The predicted molar refractivity (Wildman–Crippen MR) is 74.3 cm³/mol. The molecule has 0 amide bonds. The van der Waals surface area contributed by atoms with E-state index in [9.17, 15) is 29.7 Å². The Morgan fingerprint density at radius 3 is 0.773 bits per heavy atom. The molecule has 0 spiro atoms. The van der Waals surface area contributed by atoms with Crippen molar-refractivity contribution in [3.63, 3.8) is 0 Å². The average Bonchev–Trinajstić information content (AvgIpc) is 2.10. The topological polar surface area (TPSA) is 120 Å². The van der Waals surface area contributed by atoms with Crippen molar-refractivity contribution in [2.75, 3.05) is 0 Å². The van der Waals surface area contributed by atoms with Crippen LogP contribution in [0.2, 0.25) is 0 Å². The number of carbonyl (C=O) groups excluding carboxylic acids is 3. The molecule has 0 aromatic carbocycles. The first-order valence-electron chi connectivity index (χ1n) is 6.84. The van der Waals surface area contributed by atoms with Crippen LogP contribution in [-0.2, 0) is 31.5 Å². The van der Waals surface area contributed by atoms with Gasteiger partial charge in [0.05, 0.1) is 0 Å². The van der Waals surface area contributed by atoms with Gasteiger partial charge in [-0.05, 0) is 40.0 Å². The molecule has 131 valence electrons. The maximum absolute atomic E-state index is 10.1. The van der Waals surface area contributed by atoms with Crippen molar-refractivity contribution < 1.29 is 46.8 Å². The summed E-state index contributed by atoms with van der Waals surface area (Å²) in [4.78, 5) is 30.2. The van der Waals surface area contributed by atoms with Crippen molar-refractivity contribution >= 4 is 17.3 Å². The number of hydrogen-bond donors (Lipinski definition) is 0. The van der Waals surface area contributed by atoms with E-state index in [0.29, 0.717) is 0 Å². The molecular formula is C15H27FeO6. The molecule has 0 rings (SSSR count). The van der Waals surface area contributed by atoms with Crippen LogP contribution in [0.15, 0.2) is 0 Å². The molecule has 0 fully saturated rings. The first-order valence-corrected chi connectivity index (χ1v) is 6.84. The van der Waals surface area contributed by atoms with Crippen molar-refractivity contribution in [2.24, 2.45) is 0 Å². The molecule has 0 aliphatic carbocycles. The number of rotatable bonds is 6. The van der Waals surface area contributed by atoms with Gasteiger partial charge in [0.25, 0.3) is 0 Å². The van der Waals surface area contributed by atoms with Crippen LogP contribution in [0.5, 0.6) is 0 Å². The van der Waals surface area contributed by atoms with Crippen LogP contribution in [0.4, 0.5) is 0 Å². The average molecular weight is 359 g/mol. The van der Waals surface area contributed by atoms with E-state index < -0.39 is 18.3 Å². The summed E-state index contributed by atoms with van der Waals surface area (Å²) in [5.74, 6) is -0.0764. The molecular weight excluding hydrogens is 332 g/mol. The molecule has 0 saturated carbocycles. The van der Waals surface area contributed by atoms with Crippen LogP contribution in [0.3, 0.4) is 0 Å². The van der Waals surface area contributed by atoms with E-state index in [4.69, 9.17) is 0 Å². The summed E-state index contributed by atoms with van der Waals surface area (Å²) in [6, 6.07) is 0. The fraction of sp³-hybridized carbons (Fsp3) is 0.800. The molecule has 0 aliphatic rings. The van der Waals surface area contributed by atoms with E-state index >= 15 is 0 Å². The summed E-state index contributed by atoms with van der Waals surface area (Å²) < 4.78 is 0. The summed E-state index contributed by atoms with van der Waals surface area (Å²) in [6.07, 6.45) is -1.67. The molecule has 22 heavy (non-hydrogen) atoms. The summed E-state index contributed by atoms with van der Waals surface area (Å²) in [5, 5.41) is 30.4. The molecule has 0 aromatic rings. The minimum atomic E-state index is -0.725. The van der Waals surface area contributed by atoms with Crippen molar-refractivity contribution in [3.05, 3.63) is 0 Å². The Bertz CT molecular complexity index is 253. The van der Waals surface area contributed by atoms with E-state index in [-0.39, 0.29) is 53.7 Å². The molecule has 0 aliphatic heterocycles. The monoisotopic (exact) mass is 359 g/mol. The quantitative estimate of drug-likeness (QED) is 0.569. The fourth-order valence-corrected chi connectivity index (χ4v) is 1.21. The third-order valence-electron chi connectivity index (χ3n) is 1.72. The standard InChI is InChI=1S/3C5H9O2.Fe/c3*1-4(6)3-5(2)7;/h3*4H,3H2,1-2H3;/q3*-1;+3. The van der Waals surface area contributed by atoms with Gasteiger partial charge in [-0.25, -0.2) is 0 Å². The second-order valence-electron chi connectivity index (χ2n) is 5.15. The van der Waals surface area contributed by atoms with Gasteiger partial charge in [0, 0.05) is 0 Å². The van der Waals surface area contributed by atoms with Crippen LogP contribution in [-0.4, -0.2) is 35.7 Å². The number of ketones is 3. The van der Waals surface area contributed by atoms with Crippen LogP contribution < -0.4 is 15.3 Å². The Morgan fingerprint density at radius 2 is 0.773 bits per heavy atom. The normalized spacial score (nSPS) is 13.0. The first kappa shape index (κ1) is 29.4. The molecule has 6 nitrogen and oxygen atoms in total. The number of hydrogen-bond acceptors (Lipinski definition) is 6. The maximum Gasteiger partial charge on any atom is 3.00 e. The molecule has 3 unspecified atom stereocenters. The summed E-state index contributed by atoms with van der Waals surface area (Å²) in [5.41, 5.74) is 0. The Hall–Kier alpha value is -0.591. The zero-order valence-electron chi connectivity index (χ0n) is 14.2. The van der Waals surface area contributed by atoms with Gasteiger partial charge < -0.3 is 29.7 Å². The molecule has 7 heteroatoms. The largest absolute Gasteiger partial charge is 3.00 e. The molecule has 1 radical (unpaired) electrons. The Morgan fingerprint density at radius 1 is 0.636 bits per heavy atom. The van der Waals surface area contributed by atoms with E-state index in [1.54, 1.807) is 0 Å². The summed E-state index contributed by atoms with van der Waals surface area (Å²) in [6.45, 7) is 8.74. The summed E-state index contributed by atoms with van der Waals surface area (Å²) in [7, 11) is 0. The zero-order valence-corrected chi connectivity index (χ0v) is 15.3. The van der Waals surface area contributed by atoms with Crippen LogP contribution >= 0.6 is 0 Å². The zero-order chi connectivity index (χ0) is 17.6. The molecule has 0 heterocycles. The Balaban J connectivity index is -0.000000108. The smallest absolute Gasteiger partial charge is 0.852 e. The van der Waals surface area contributed by atoms with Crippen LogP contribution in [0, 0.1) is 0 Å². The van der Waals surface area contributed by atoms with Gasteiger partial charge in [-0.2, -0.15) is 0 Å². The van der Waals surface area contributed by atoms with Gasteiger partial charge in [-0.3, -0.25) is 0 Å². The second-order valence-corrected chi connectivity index (χ2v) is 5.15. The third-order valence-corrected chi connectivity index (χ3v) is 1.72. The molecule has 3 atom stereocenters. The predicted octanol–water partition coefficient (Wildman–Crippen LogP) is -0.860. The minimum Gasteiger partial charge on any atom is -0.852 e. The van der Waals surface area contributed by atoms with E-state index in [2.05, 4.69) is 0 Å². The van der Waals surface area contributed by atoms with Crippen LogP contribution in [0.25, 0.3) is 0 Å². The van der Waals surface area contributed by atoms with Crippen LogP contribution in [0.1, 0.15) is 60.8 Å². The number of carbonyl (C=O) groups is 3. The van der Waals surface area contributed by atoms with Crippen molar-refractivity contribution in [1.82, 2.24) is 0 Å². The van der Waals surface area contributed by atoms with Gasteiger partial charge >= 0.3 is 17.1 Å². The Kier molecular flexibility index (Phi) is 24.7. The fourth-order valence-electron chi connectivity index (χ4n) is 1.21. The van der Waals surface area contributed by atoms with E-state index in [0.717, 1.165) is 0 Å².